The molecule has 1 aliphatic rings. The maximum Gasteiger partial charge on any atom is 0.0426 e. The minimum absolute atomic E-state index is 0.768. The molecule has 0 amide bonds. The van der Waals surface area contributed by atoms with Crippen LogP contribution in [-0.2, 0) is 0 Å². The van der Waals surface area contributed by atoms with E-state index < -0.39 is 0 Å². The molecule has 1 N–H and O–H groups in total. The highest BCUT2D eigenvalue weighted by Crippen LogP contribution is 2.26. The Kier molecular flexibility index (Phi) is 5.53. The third-order valence-corrected chi connectivity index (χ3v) is 4.39. The summed E-state index contributed by atoms with van der Waals surface area (Å²) < 4.78 is 0. The lowest BCUT2D eigenvalue weighted by Crippen LogP contribution is -2.38. The molecule has 0 aliphatic heterocycles. The second-order valence-corrected chi connectivity index (χ2v) is 6.28. The number of benzene rings is 1. The molecule has 1 saturated carbocycles. The van der Waals surface area contributed by atoms with Crippen LogP contribution < -0.4 is 5.32 Å². The summed E-state index contributed by atoms with van der Waals surface area (Å²) >= 11 is 5.97. The Balaban J connectivity index is 1.73. The predicted octanol–water partition coefficient (Wildman–Crippen LogP) is 4.26. The molecule has 0 bridgehead atoms. The molecule has 1 aromatic rings. The second-order valence-electron chi connectivity index (χ2n) is 5.84. The number of nitrogens with zero attached hydrogens (tertiary/aromatic N) is 1. The molecule has 3 heteroatoms. The molecule has 2 nitrogen and oxygen atoms in total. The summed E-state index contributed by atoms with van der Waals surface area (Å²) in [4.78, 5) is 2.51. The van der Waals surface area contributed by atoms with Crippen molar-refractivity contribution in [3.8, 4) is 0 Å². The Morgan fingerprint density at radius 3 is 2.95 bits per heavy atom. The number of nitrogens with one attached hydrogen (secondary N) is 1. The Morgan fingerprint density at radius 2 is 2.21 bits per heavy atom. The topological polar surface area (TPSA) is 15.3 Å². The van der Waals surface area contributed by atoms with Gasteiger partial charge in [0.25, 0.3) is 0 Å². The molecule has 0 spiro atoms. The van der Waals surface area contributed by atoms with Gasteiger partial charge in [-0.05, 0) is 44.0 Å². The highest BCUT2D eigenvalue weighted by Gasteiger charge is 2.21. The lowest BCUT2D eigenvalue weighted by atomic mass is 9.86. The number of halogens is 1. The second kappa shape index (κ2) is 7.16. The lowest BCUT2D eigenvalue weighted by Gasteiger charge is -2.34. The molecule has 0 aromatic heterocycles. The summed E-state index contributed by atoms with van der Waals surface area (Å²) in [7, 11) is 2.25. The highest BCUT2D eigenvalue weighted by atomic mass is 35.5. The molecule has 106 valence electrons. The van der Waals surface area contributed by atoms with Crippen LogP contribution in [0.25, 0.3) is 0 Å². The van der Waals surface area contributed by atoms with Crippen LogP contribution >= 0.6 is 11.6 Å². The van der Waals surface area contributed by atoms with E-state index in [1.807, 2.05) is 18.2 Å². The van der Waals surface area contributed by atoms with Crippen LogP contribution in [0.5, 0.6) is 0 Å². The Bertz CT molecular complexity index is 394. The fourth-order valence-corrected chi connectivity index (χ4v) is 3.15. The molecule has 1 aliphatic carbocycles. The standard InChI is InChI=1S/C16H25ClN2/c1-13-5-3-8-16(11-13)19(2)10-9-18-15-7-4-6-14(17)12-15/h4,6-7,12-13,16,18H,3,5,8-11H2,1-2H3. The number of hydrogen-bond acceptors (Lipinski definition) is 2. The van der Waals surface area contributed by atoms with Crippen molar-refractivity contribution < 1.29 is 0 Å². The van der Waals surface area contributed by atoms with Crippen molar-refractivity contribution in [1.29, 1.82) is 0 Å². The Labute approximate surface area is 122 Å². The van der Waals surface area contributed by atoms with Gasteiger partial charge in [-0.2, -0.15) is 0 Å². The number of hydrogen-bond donors (Lipinski definition) is 1. The van der Waals surface area contributed by atoms with Crippen molar-refractivity contribution in [3.05, 3.63) is 29.3 Å². The highest BCUT2D eigenvalue weighted by molar-refractivity contribution is 6.30. The van der Waals surface area contributed by atoms with Crippen molar-refractivity contribution in [2.24, 2.45) is 5.92 Å². The molecule has 19 heavy (non-hydrogen) atoms. The van der Waals surface area contributed by atoms with Gasteiger partial charge in [-0.15, -0.1) is 0 Å². The Morgan fingerprint density at radius 1 is 1.37 bits per heavy atom. The molecule has 2 rings (SSSR count). The smallest absolute Gasteiger partial charge is 0.0426 e. The number of likely N-dealkylation sites (N-methyl/N-ethyl adjacent to an activating group) is 1. The van der Waals surface area contributed by atoms with E-state index >= 15 is 0 Å². The SMILES string of the molecule is CC1CCCC(N(C)CCNc2cccc(Cl)c2)C1. The largest absolute Gasteiger partial charge is 0.384 e. The summed E-state index contributed by atoms with van der Waals surface area (Å²) in [5.41, 5.74) is 1.11. The number of rotatable bonds is 5. The molecule has 0 heterocycles. The van der Waals surface area contributed by atoms with Gasteiger partial charge in [-0.3, -0.25) is 0 Å². The first-order valence-electron chi connectivity index (χ1n) is 7.35. The summed E-state index contributed by atoms with van der Waals surface area (Å²) in [6.45, 7) is 4.44. The maximum atomic E-state index is 5.97. The zero-order chi connectivity index (χ0) is 13.7. The quantitative estimate of drug-likeness (QED) is 0.867. The first kappa shape index (κ1) is 14.7. The predicted molar refractivity (Wildman–Crippen MR) is 84.0 cm³/mol. The average Bonchev–Trinajstić information content (AvgIpc) is 2.38. The van der Waals surface area contributed by atoms with Gasteiger partial charge in [-0.25, -0.2) is 0 Å². The molecule has 1 aromatic carbocycles. The van der Waals surface area contributed by atoms with Gasteiger partial charge >= 0.3 is 0 Å². The van der Waals surface area contributed by atoms with Crippen molar-refractivity contribution in [2.75, 3.05) is 25.5 Å². The van der Waals surface area contributed by atoms with Crippen molar-refractivity contribution >= 4 is 17.3 Å². The molecule has 2 atom stereocenters. The molecule has 0 saturated heterocycles. The van der Waals surface area contributed by atoms with Crippen LogP contribution in [0.15, 0.2) is 24.3 Å². The van der Waals surface area contributed by atoms with E-state index in [1.165, 1.54) is 25.7 Å². The van der Waals surface area contributed by atoms with Crippen molar-refractivity contribution in [3.63, 3.8) is 0 Å². The first-order valence-corrected chi connectivity index (χ1v) is 7.72. The maximum absolute atomic E-state index is 5.97. The Hall–Kier alpha value is -0.730. The fourth-order valence-electron chi connectivity index (χ4n) is 2.96. The van der Waals surface area contributed by atoms with Crippen LogP contribution in [0.4, 0.5) is 5.69 Å². The minimum Gasteiger partial charge on any atom is -0.384 e. The van der Waals surface area contributed by atoms with E-state index in [0.29, 0.717) is 0 Å². The average molecular weight is 281 g/mol. The van der Waals surface area contributed by atoms with Gasteiger partial charge in [0.05, 0.1) is 0 Å². The van der Waals surface area contributed by atoms with E-state index in [4.69, 9.17) is 11.6 Å². The van der Waals surface area contributed by atoms with Crippen molar-refractivity contribution in [2.45, 2.75) is 38.6 Å². The van der Waals surface area contributed by atoms with Gasteiger partial charge in [-0.1, -0.05) is 37.4 Å². The third-order valence-electron chi connectivity index (χ3n) is 4.15. The minimum atomic E-state index is 0.768. The van der Waals surface area contributed by atoms with E-state index in [1.54, 1.807) is 0 Å². The van der Waals surface area contributed by atoms with E-state index in [0.717, 1.165) is 35.8 Å². The van der Waals surface area contributed by atoms with Crippen molar-refractivity contribution in [1.82, 2.24) is 4.90 Å². The fraction of sp³-hybridized carbons (Fsp3) is 0.625. The summed E-state index contributed by atoms with van der Waals surface area (Å²) in [6, 6.07) is 8.70. The molecule has 2 unspecified atom stereocenters. The van der Waals surface area contributed by atoms with Gasteiger partial charge in [0, 0.05) is 29.8 Å². The van der Waals surface area contributed by atoms with Gasteiger partial charge in [0.1, 0.15) is 0 Å². The molecule has 0 radical (unpaired) electrons. The number of anilines is 1. The summed E-state index contributed by atoms with van der Waals surface area (Å²) in [5.74, 6) is 0.891. The van der Waals surface area contributed by atoms with Gasteiger partial charge in [0.15, 0.2) is 0 Å². The normalized spacial score (nSPS) is 23.6. The monoisotopic (exact) mass is 280 g/mol. The van der Waals surface area contributed by atoms with Gasteiger partial charge in [0.2, 0.25) is 0 Å². The van der Waals surface area contributed by atoms with Crippen LogP contribution in [0.3, 0.4) is 0 Å². The van der Waals surface area contributed by atoms with Crippen LogP contribution in [0.1, 0.15) is 32.6 Å². The zero-order valence-corrected chi connectivity index (χ0v) is 12.8. The zero-order valence-electron chi connectivity index (χ0n) is 12.0. The van der Waals surface area contributed by atoms with Gasteiger partial charge < -0.3 is 10.2 Å². The lowest BCUT2D eigenvalue weighted by molar-refractivity contribution is 0.169. The molecular weight excluding hydrogens is 256 g/mol. The van der Waals surface area contributed by atoms with E-state index in [2.05, 4.69) is 30.3 Å². The molecular formula is C16H25ClN2. The van der Waals surface area contributed by atoms with Crippen LogP contribution in [-0.4, -0.2) is 31.1 Å². The van der Waals surface area contributed by atoms with E-state index in [9.17, 15) is 0 Å². The first-order chi connectivity index (χ1) is 9.15. The summed E-state index contributed by atoms with van der Waals surface area (Å²) in [6.07, 6.45) is 5.51. The third kappa shape index (κ3) is 4.70. The van der Waals surface area contributed by atoms with E-state index in [-0.39, 0.29) is 0 Å². The summed E-state index contributed by atoms with van der Waals surface area (Å²) in [5, 5.41) is 4.23. The molecule has 1 fully saturated rings. The van der Waals surface area contributed by atoms with Crippen LogP contribution in [0.2, 0.25) is 5.02 Å². The van der Waals surface area contributed by atoms with Crippen LogP contribution in [0, 0.1) is 5.92 Å².